The first-order chi connectivity index (χ1) is 19.4. The van der Waals surface area contributed by atoms with Gasteiger partial charge in [0.2, 0.25) is 5.89 Å². The van der Waals surface area contributed by atoms with Crippen LogP contribution in [0.4, 0.5) is 4.39 Å². The molecule has 0 saturated carbocycles. The van der Waals surface area contributed by atoms with Gasteiger partial charge in [0.25, 0.3) is 5.91 Å². The molecule has 3 heterocycles. The Morgan fingerprint density at radius 2 is 2.00 bits per heavy atom. The van der Waals surface area contributed by atoms with Crippen LogP contribution in [0.1, 0.15) is 41.2 Å². The van der Waals surface area contributed by atoms with Crippen LogP contribution >= 0.6 is 0 Å². The van der Waals surface area contributed by atoms with Gasteiger partial charge in [-0.15, -0.1) is 0 Å². The van der Waals surface area contributed by atoms with E-state index in [0.717, 1.165) is 0 Å². The van der Waals surface area contributed by atoms with Gasteiger partial charge in [0, 0.05) is 22.4 Å². The van der Waals surface area contributed by atoms with Crippen LogP contribution < -0.4 is 20.5 Å². The number of pyridine rings is 1. The maximum Gasteiger partial charge on any atom is 0.251 e. The number of aliphatic hydroxyl groups is 1. The molecule has 212 valence electrons. The SMILES string of the molecule is C=C(N)[C@@]1(C)COc2c1cc([C@@](C)(O)CNC(=O)c1ccc(-c3ncc(C)o3)c(OC)c1)nc2-c1ccc(F)cc1. The number of fused-ring (bicyclic) bond motifs is 1. The zero-order valence-electron chi connectivity index (χ0n) is 23.2. The Morgan fingerprint density at radius 3 is 2.63 bits per heavy atom. The summed E-state index contributed by atoms with van der Waals surface area (Å²) in [5.74, 6) is 1.11. The van der Waals surface area contributed by atoms with E-state index >= 15 is 0 Å². The molecule has 2 atom stereocenters. The van der Waals surface area contributed by atoms with Gasteiger partial charge in [-0.1, -0.05) is 6.58 Å². The molecule has 2 aromatic heterocycles. The van der Waals surface area contributed by atoms with Gasteiger partial charge < -0.3 is 30.0 Å². The fourth-order valence-electron chi connectivity index (χ4n) is 4.66. The number of halogens is 1. The smallest absolute Gasteiger partial charge is 0.251 e. The van der Waals surface area contributed by atoms with Crippen LogP contribution in [0.25, 0.3) is 22.7 Å². The number of hydrogen-bond donors (Lipinski definition) is 3. The summed E-state index contributed by atoms with van der Waals surface area (Å²) < 4.78 is 30.7. The third kappa shape index (κ3) is 5.14. The van der Waals surface area contributed by atoms with Crippen LogP contribution in [0, 0.1) is 12.7 Å². The number of ether oxygens (including phenoxy) is 2. The number of benzene rings is 2. The number of methoxy groups -OCH3 is 1. The van der Waals surface area contributed by atoms with Gasteiger partial charge in [0.15, 0.2) is 0 Å². The van der Waals surface area contributed by atoms with Crippen molar-refractivity contribution in [3.05, 3.63) is 95.4 Å². The number of carbonyl (C=O) groups is 1. The lowest BCUT2D eigenvalue weighted by atomic mass is 9.80. The summed E-state index contributed by atoms with van der Waals surface area (Å²) in [7, 11) is 1.49. The van der Waals surface area contributed by atoms with Crippen molar-refractivity contribution in [3.8, 4) is 34.2 Å². The fourth-order valence-corrected chi connectivity index (χ4v) is 4.66. The number of oxazole rings is 1. The van der Waals surface area contributed by atoms with Crippen molar-refractivity contribution in [2.75, 3.05) is 20.3 Å². The Hall–Kier alpha value is -4.70. The van der Waals surface area contributed by atoms with Crippen molar-refractivity contribution in [1.82, 2.24) is 15.3 Å². The zero-order valence-corrected chi connectivity index (χ0v) is 23.2. The highest BCUT2D eigenvalue weighted by molar-refractivity contribution is 5.95. The molecule has 0 aliphatic carbocycles. The predicted octanol–water partition coefficient (Wildman–Crippen LogP) is 4.62. The summed E-state index contributed by atoms with van der Waals surface area (Å²) in [5, 5.41) is 14.3. The van der Waals surface area contributed by atoms with Gasteiger partial charge in [0.1, 0.15) is 41.0 Å². The second kappa shape index (κ2) is 10.4. The molecule has 41 heavy (non-hydrogen) atoms. The van der Waals surface area contributed by atoms with Crippen molar-refractivity contribution >= 4 is 5.91 Å². The molecule has 1 aliphatic rings. The molecule has 4 aromatic rings. The number of rotatable bonds is 8. The first-order valence-corrected chi connectivity index (χ1v) is 12.9. The minimum absolute atomic E-state index is 0.162. The highest BCUT2D eigenvalue weighted by Crippen LogP contribution is 2.47. The molecule has 4 N–H and O–H groups in total. The van der Waals surface area contributed by atoms with E-state index in [1.807, 2.05) is 6.92 Å². The summed E-state index contributed by atoms with van der Waals surface area (Å²) in [6, 6.07) is 12.4. The molecular formula is C31H31FN4O5. The van der Waals surface area contributed by atoms with E-state index in [4.69, 9.17) is 24.6 Å². The number of aromatic nitrogens is 2. The second-order valence-electron chi connectivity index (χ2n) is 10.5. The Labute approximate surface area is 236 Å². The van der Waals surface area contributed by atoms with Crippen molar-refractivity contribution in [3.63, 3.8) is 0 Å². The number of nitrogens with one attached hydrogen (secondary N) is 1. The van der Waals surface area contributed by atoms with Crippen molar-refractivity contribution in [1.29, 1.82) is 0 Å². The Bertz CT molecular complexity index is 1650. The molecular weight excluding hydrogens is 527 g/mol. The molecule has 0 saturated heterocycles. The second-order valence-corrected chi connectivity index (χ2v) is 10.5. The largest absolute Gasteiger partial charge is 0.496 e. The number of hydrogen-bond acceptors (Lipinski definition) is 8. The average molecular weight is 559 g/mol. The van der Waals surface area contributed by atoms with Gasteiger partial charge in [-0.2, -0.15) is 0 Å². The molecule has 10 heteroatoms. The van der Waals surface area contributed by atoms with Gasteiger partial charge >= 0.3 is 0 Å². The van der Waals surface area contributed by atoms with E-state index in [1.54, 1.807) is 56.4 Å². The predicted molar refractivity (Wildman–Crippen MR) is 151 cm³/mol. The molecule has 1 aliphatic heterocycles. The van der Waals surface area contributed by atoms with Gasteiger partial charge in [-0.25, -0.2) is 14.4 Å². The minimum atomic E-state index is -1.60. The number of carbonyl (C=O) groups excluding carboxylic acids is 1. The molecule has 2 aromatic carbocycles. The Balaban J connectivity index is 1.44. The molecule has 1 amide bonds. The van der Waals surface area contributed by atoms with Crippen LogP contribution in [0.5, 0.6) is 11.5 Å². The normalized spacial score (nSPS) is 17.3. The van der Waals surface area contributed by atoms with Gasteiger partial charge in [-0.05, 0) is 69.3 Å². The highest BCUT2D eigenvalue weighted by Gasteiger charge is 2.42. The van der Waals surface area contributed by atoms with Gasteiger partial charge in [-0.3, -0.25) is 4.79 Å². The Kier molecular flexibility index (Phi) is 7.04. The summed E-state index contributed by atoms with van der Waals surface area (Å²) >= 11 is 0. The molecule has 0 unspecified atom stereocenters. The standard InChI is InChI=1S/C31H31FN4O5/c1-17-14-34-29(41-17)22-11-8-20(12-24(22)39-5)28(37)35-15-31(4,38)25-13-23-27(40-16-30(23,3)18(2)33)26(36-25)19-6-9-21(32)10-7-19/h6-14,38H,2,15-16,33H2,1,3-5H3,(H,35,37)/t30-,31+/m1/s1. The lowest BCUT2D eigenvalue weighted by Gasteiger charge is -2.27. The third-order valence-electron chi connectivity index (χ3n) is 7.36. The maximum atomic E-state index is 13.7. The fraction of sp³-hybridized carbons (Fsp3) is 0.258. The maximum absolute atomic E-state index is 13.7. The zero-order chi connectivity index (χ0) is 29.5. The molecule has 5 rings (SSSR count). The minimum Gasteiger partial charge on any atom is -0.496 e. The first-order valence-electron chi connectivity index (χ1n) is 12.9. The van der Waals surface area contributed by atoms with E-state index < -0.39 is 22.7 Å². The highest BCUT2D eigenvalue weighted by atomic mass is 19.1. The van der Waals surface area contributed by atoms with Crippen LogP contribution in [-0.2, 0) is 11.0 Å². The number of nitrogens with two attached hydrogens (primary N) is 1. The van der Waals surface area contributed by atoms with E-state index in [0.29, 0.717) is 56.8 Å². The summed E-state index contributed by atoms with van der Waals surface area (Å²) in [4.78, 5) is 22.1. The monoisotopic (exact) mass is 558 g/mol. The van der Waals surface area contributed by atoms with E-state index in [2.05, 4.69) is 16.9 Å². The molecule has 0 radical (unpaired) electrons. The average Bonchev–Trinajstić information content (AvgIpc) is 3.55. The van der Waals surface area contributed by atoms with Crippen LogP contribution in [0.2, 0.25) is 0 Å². The molecule has 0 spiro atoms. The molecule has 0 fully saturated rings. The number of aryl methyl sites for hydroxylation is 1. The summed E-state index contributed by atoms with van der Waals surface area (Å²) in [5.41, 5.74) is 7.15. The number of amides is 1. The van der Waals surface area contributed by atoms with E-state index in [9.17, 15) is 14.3 Å². The van der Waals surface area contributed by atoms with Crippen molar-refractivity contribution in [2.45, 2.75) is 31.8 Å². The first kappa shape index (κ1) is 27.9. The number of nitrogens with zero attached hydrogens (tertiary/aromatic N) is 2. The Morgan fingerprint density at radius 1 is 1.27 bits per heavy atom. The molecule has 9 nitrogen and oxygen atoms in total. The van der Waals surface area contributed by atoms with Crippen LogP contribution in [0.15, 0.2) is 71.4 Å². The third-order valence-corrected chi connectivity index (χ3v) is 7.36. The summed E-state index contributed by atoms with van der Waals surface area (Å²) in [6.45, 7) is 9.24. The van der Waals surface area contributed by atoms with Crippen LogP contribution in [-0.4, -0.2) is 41.2 Å². The topological polar surface area (TPSA) is 133 Å². The van der Waals surface area contributed by atoms with Crippen molar-refractivity contribution < 1.29 is 28.2 Å². The van der Waals surface area contributed by atoms with E-state index in [-0.39, 0.29) is 18.8 Å². The molecule has 0 bridgehead atoms. The van der Waals surface area contributed by atoms with Crippen LogP contribution in [0.3, 0.4) is 0 Å². The summed E-state index contributed by atoms with van der Waals surface area (Å²) in [6.07, 6.45) is 1.60. The lowest BCUT2D eigenvalue weighted by Crippen LogP contribution is -2.39. The quantitative estimate of drug-likeness (QED) is 0.285. The van der Waals surface area contributed by atoms with E-state index in [1.165, 1.54) is 19.2 Å². The van der Waals surface area contributed by atoms with Gasteiger partial charge in [0.05, 0.1) is 36.5 Å². The lowest BCUT2D eigenvalue weighted by molar-refractivity contribution is 0.0489. The van der Waals surface area contributed by atoms with Crippen molar-refractivity contribution in [2.24, 2.45) is 5.73 Å².